The molecular weight excluding hydrogens is 196 g/mol. The Morgan fingerprint density at radius 2 is 2.12 bits per heavy atom. The number of fused-ring (bicyclic) bond motifs is 3. The maximum Gasteiger partial charge on any atom is 0.0942 e. The summed E-state index contributed by atoms with van der Waals surface area (Å²) in [4.78, 5) is 4.54. The Morgan fingerprint density at radius 1 is 1.25 bits per heavy atom. The van der Waals surface area contributed by atoms with E-state index in [9.17, 15) is 0 Å². The van der Waals surface area contributed by atoms with E-state index in [1.807, 2.05) is 6.20 Å². The van der Waals surface area contributed by atoms with Gasteiger partial charge in [0.15, 0.2) is 0 Å². The summed E-state index contributed by atoms with van der Waals surface area (Å²) in [6.45, 7) is 4.17. The molecule has 1 aliphatic heterocycles. The van der Waals surface area contributed by atoms with Gasteiger partial charge in [0, 0.05) is 12.4 Å². The normalized spacial score (nSPS) is 21.5. The van der Waals surface area contributed by atoms with E-state index in [-0.39, 0.29) is 6.04 Å². The molecule has 16 heavy (non-hydrogen) atoms. The number of hydrogen-bond donors (Lipinski definition) is 1. The molecule has 80 valence electrons. The lowest BCUT2D eigenvalue weighted by Gasteiger charge is -2.27. The van der Waals surface area contributed by atoms with Crippen molar-refractivity contribution in [1.82, 2.24) is 10.3 Å². The second kappa shape index (κ2) is 3.34. The second-order valence-electron chi connectivity index (χ2n) is 4.45. The minimum atomic E-state index is 0.226. The van der Waals surface area contributed by atoms with Gasteiger partial charge in [-0.1, -0.05) is 18.2 Å². The molecule has 2 heterocycles. The molecule has 2 nitrogen and oxygen atoms in total. The molecular formula is C14H14N2. The Balaban J connectivity index is 2.12. The highest BCUT2D eigenvalue weighted by atomic mass is 14.9. The molecule has 0 saturated carbocycles. The molecule has 1 atom stereocenters. The lowest BCUT2D eigenvalue weighted by molar-refractivity contribution is 0.683. The third-order valence-corrected chi connectivity index (χ3v) is 3.02. The number of nitrogens with zero attached hydrogens (tertiary/aromatic N) is 1. The first-order valence-electron chi connectivity index (χ1n) is 5.53. The van der Waals surface area contributed by atoms with Gasteiger partial charge in [-0.3, -0.25) is 4.98 Å². The van der Waals surface area contributed by atoms with Crippen molar-refractivity contribution in [2.75, 3.05) is 0 Å². The average molecular weight is 210 g/mol. The number of aryl methyl sites for hydroxylation is 1. The van der Waals surface area contributed by atoms with Crippen molar-refractivity contribution in [2.45, 2.75) is 19.9 Å². The van der Waals surface area contributed by atoms with E-state index in [2.05, 4.69) is 54.6 Å². The first-order chi connectivity index (χ1) is 7.74. The molecule has 1 unspecified atom stereocenters. The topological polar surface area (TPSA) is 24.9 Å². The molecule has 2 heteroatoms. The van der Waals surface area contributed by atoms with Crippen molar-refractivity contribution in [1.29, 1.82) is 0 Å². The van der Waals surface area contributed by atoms with Gasteiger partial charge in [0.25, 0.3) is 0 Å². The Bertz CT molecular complexity index is 536. The monoisotopic (exact) mass is 210 g/mol. The molecule has 3 rings (SSSR count). The number of aromatic nitrogens is 1. The van der Waals surface area contributed by atoms with Crippen molar-refractivity contribution in [3.8, 4) is 0 Å². The van der Waals surface area contributed by atoms with Crippen LogP contribution in [-0.4, -0.2) is 4.98 Å². The van der Waals surface area contributed by atoms with Gasteiger partial charge in [0.1, 0.15) is 0 Å². The molecule has 1 N–H and O–H groups in total. The number of hydrogen-bond acceptors (Lipinski definition) is 2. The lowest BCUT2D eigenvalue weighted by Crippen LogP contribution is -2.24. The average Bonchev–Trinajstić information content (AvgIpc) is 2.28. The zero-order chi connectivity index (χ0) is 11.1. The molecule has 1 aliphatic carbocycles. The largest absolute Gasteiger partial charge is 0.379 e. The number of allylic oxidation sites excluding steroid dienone is 2. The van der Waals surface area contributed by atoms with Crippen molar-refractivity contribution in [3.05, 3.63) is 58.6 Å². The van der Waals surface area contributed by atoms with Gasteiger partial charge in [0.2, 0.25) is 0 Å². The van der Waals surface area contributed by atoms with Crippen LogP contribution in [0.2, 0.25) is 0 Å². The summed E-state index contributed by atoms with van der Waals surface area (Å²) in [6, 6.07) is 2.41. The van der Waals surface area contributed by atoms with Gasteiger partial charge in [-0.2, -0.15) is 0 Å². The summed E-state index contributed by atoms with van der Waals surface area (Å²) >= 11 is 0. The zero-order valence-electron chi connectivity index (χ0n) is 9.49. The Hall–Kier alpha value is -1.83. The fourth-order valence-corrected chi connectivity index (χ4v) is 2.24. The highest BCUT2D eigenvalue weighted by Crippen LogP contribution is 2.33. The maximum absolute atomic E-state index is 4.54. The highest BCUT2D eigenvalue weighted by Gasteiger charge is 2.23. The summed E-state index contributed by atoms with van der Waals surface area (Å²) in [5.41, 5.74) is 6.11. The Kier molecular flexibility index (Phi) is 1.96. The lowest BCUT2D eigenvalue weighted by atomic mass is 9.90. The number of nitrogens with one attached hydrogen (secondary N) is 1. The number of rotatable bonds is 0. The van der Waals surface area contributed by atoms with Gasteiger partial charge in [-0.25, -0.2) is 0 Å². The summed E-state index contributed by atoms with van der Waals surface area (Å²) in [6.07, 6.45) is 10.5. The fourth-order valence-electron chi connectivity index (χ4n) is 2.24. The first-order valence-corrected chi connectivity index (χ1v) is 5.53. The van der Waals surface area contributed by atoms with Crippen molar-refractivity contribution in [3.63, 3.8) is 0 Å². The molecule has 0 aromatic carbocycles. The summed E-state index contributed by atoms with van der Waals surface area (Å²) in [5, 5.41) is 3.40. The molecule has 1 aromatic rings. The van der Waals surface area contributed by atoms with Crippen molar-refractivity contribution in [2.24, 2.45) is 0 Å². The highest BCUT2D eigenvalue weighted by molar-refractivity contribution is 5.64. The molecule has 0 fully saturated rings. The number of pyridine rings is 1. The van der Waals surface area contributed by atoms with E-state index in [1.165, 1.54) is 22.3 Å². The summed E-state index contributed by atoms with van der Waals surface area (Å²) in [5.74, 6) is 0. The zero-order valence-corrected chi connectivity index (χ0v) is 9.49. The molecule has 0 spiro atoms. The molecule has 0 amide bonds. The second-order valence-corrected chi connectivity index (χ2v) is 4.45. The van der Waals surface area contributed by atoms with Crippen molar-refractivity contribution < 1.29 is 0 Å². The Morgan fingerprint density at radius 3 is 3.00 bits per heavy atom. The van der Waals surface area contributed by atoms with Crippen LogP contribution in [0.4, 0.5) is 0 Å². The van der Waals surface area contributed by atoms with E-state index in [1.54, 1.807) is 0 Å². The van der Waals surface area contributed by atoms with Crippen LogP contribution in [0.1, 0.15) is 29.8 Å². The van der Waals surface area contributed by atoms with Crippen LogP contribution < -0.4 is 5.32 Å². The minimum Gasteiger partial charge on any atom is -0.379 e. The quantitative estimate of drug-likeness (QED) is 0.712. The fraction of sp³-hybridized carbons (Fsp3) is 0.214. The van der Waals surface area contributed by atoms with Gasteiger partial charge in [-0.15, -0.1) is 0 Å². The van der Waals surface area contributed by atoms with Gasteiger partial charge < -0.3 is 5.32 Å². The predicted octanol–water partition coefficient (Wildman–Crippen LogP) is 2.89. The van der Waals surface area contributed by atoms with Gasteiger partial charge in [0.05, 0.1) is 11.7 Å². The van der Waals surface area contributed by atoms with E-state index in [0.717, 1.165) is 5.69 Å². The minimum absolute atomic E-state index is 0.226. The third-order valence-electron chi connectivity index (χ3n) is 3.02. The van der Waals surface area contributed by atoms with E-state index in [0.29, 0.717) is 0 Å². The van der Waals surface area contributed by atoms with Crippen LogP contribution in [-0.2, 0) is 0 Å². The van der Waals surface area contributed by atoms with Crippen LogP contribution in [0.15, 0.2) is 41.8 Å². The summed E-state index contributed by atoms with van der Waals surface area (Å²) < 4.78 is 0. The maximum atomic E-state index is 4.54. The van der Waals surface area contributed by atoms with Crippen LogP contribution >= 0.6 is 0 Å². The molecule has 0 saturated heterocycles. The van der Waals surface area contributed by atoms with Crippen LogP contribution in [0.3, 0.4) is 0 Å². The van der Waals surface area contributed by atoms with Crippen LogP contribution in [0.25, 0.3) is 6.08 Å². The van der Waals surface area contributed by atoms with Gasteiger partial charge in [-0.05, 0) is 42.2 Å². The molecule has 0 bridgehead atoms. The molecule has 2 aliphatic rings. The SMILES string of the molecule is CC1=CNC2C(=C1)C=Cc1cc(C)cnc12. The van der Waals surface area contributed by atoms with Crippen LogP contribution in [0.5, 0.6) is 0 Å². The molecule has 1 aromatic heterocycles. The standard InChI is InChI=1S/C14H14N2/c1-9-5-11-3-4-12-6-10(2)8-16-14(12)13(11)15-7-9/h3-8,13,15H,1-2H3. The molecule has 0 radical (unpaired) electrons. The predicted molar refractivity (Wildman–Crippen MR) is 65.7 cm³/mol. The smallest absolute Gasteiger partial charge is 0.0942 e. The van der Waals surface area contributed by atoms with Crippen molar-refractivity contribution >= 4 is 6.08 Å². The van der Waals surface area contributed by atoms with Gasteiger partial charge >= 0.3 is 0 Å². The summed E-state index contributed by atoms with van der Waals surface area (Å²) in [7, 11) is 0. The first kappa shape index (κ1) is 9.40. The third kappa shape index (κ3) is 1.38. The van der Waals surface area contributed by atoms with Crippen LogP contribution in [0, 0.1) is 6.92 Å². The van der Waals surface area contributed by atoms with E-state index in [4.69, 9.17) is 0 Å². The van der Waals surface area contributed by atoms with E-state index >= 15 is 0 Å². The van der Waals surface area contributed by atoms with E-state index < -0.39 is 0 Å². The Labute approximate surface area is 95.4 Å². The number of dihydropyridines is 1.